The van der Waals surface area contributed by atoms with E-state index in [1.165, 1.54) is 107 Å². The summed E-state index contributed by atoms with van der Waals surface area (Å²) < 4.78 is 1.39. The lowest BCUT2D eigenvalue weighted by Gasteiger charge is -2.39. The highest BCUT2D eigenvalue weighted by Gasteiger charge is 2.25. The minimum absolute atomic E-state index is 1.17. The maximum Gasteiger partial charge on any atom is 0.0885 e. The molecule has 0 aromatic carbocycles. The number of quaternary nitrogens is 1. The standard InChI is InChI=1S/C19H41BrN/c1-4-7-10-13-17-21(19-15-20,16-12-9-6-3)18-14-11-8-5-2/h4-19H2,1-3H3/q+1. The van der Waals surface area contributed by atoms with Crippen LogP contribution in [0.15, 0.2) is 0 Å². The molecule has 21 heavy (non-hydrogen) atoms. The van der Waals surface area contributed by atoms with Crippen LogP contribution in [0.25, 0.3) is 0 Å². The first-order valence-electron chi connectivity index (χ1n) is 9.65. The van der Waals surface area contributed by atoms with Crippen LogP contribution in [-0.2, 0) is 0 Å². The van der Waals surface area contributed by atoms with Crippen molar-refractivity contribution in [1.82, 2.24) is 0 Å². The molecule has 0 amide bonds. The molecular weight excluding hydrogens is 322 g/mol. The van der Waals surface area contributed by atoms with E-state index < -0.39 is 0 Å². The van der Waals surface area contributed by atoms with E-state index in [0.29, 0.717) is 0 Å². The fraction of sp³-hybridized carbons (Fsp3) is 1.00. The Kier molecular flexibility index (Phi) is 15.7. The zero-order valence-electron chi connectivity index (χ0n) is 15.1. The average Bonchev–Trinajstić information content (AvgIpc) is 2.49. The highest BCUT2D eigenvalue weighted by atomic mass is 79.9. The molecular formula is C19H41BrN+. The zero-order valence-corrected chi connectivity index (χ0v) is 16.7. The molecule has 0 aromatic rings. The van der Waals surface area contributed by atoms with Crippen LogP contribution >= 0.6 is 15.9 Å². The summed E-state index contributed by atoms with van der Waals surface area (Å²) in [5, 5.41) is 1.17. The largest absolute Gasteiger partial charge is 0.323 e. The molecule has 1 nitrogen and oxygen atoms in total. The van der Waals surface area contributed by atoms with Gasteiger partial charge in [-0.1, -0.05) is 68.8 Å². The summed E-state index contributed by atoms with van der Waals surface area (Å²) in [4.78, 5) is 0. The first-order valence-corrected chi connectivity index (χ1v) is 10.8. The molecule has 0 radical (unpaired) electrons. The van der Waals surface area contributed by atoms with Gasteiger partial charge >= 0.3 is 0 Å². The van der Waals surface area contributed by atoms with E-state index in [1.807, 2.05) is 0 Å². The van der Waals surface area contributed by atoms with Gasteiger partial charge in [-0.3, -0.25) is 0 Å². The van der Waals surface area contributed by atoms with E-state index in [0.717, 1.165) is 0 Å². The topological polar surface area (TPSA) is 0 Å². The first kappa shape index (κ1) is 21.4. The molecule has 0 unspecified atom stereocenters. The third-order valence-electron chi connectivity index (χ3n) is 4.77. The molecule has 0 heterocycles. The number of unbranched alkanes of at least 4 members (excludes halogenated alkanes) is 8. The fourth-order valence-electron chi connectivity index (χ4n) is 3.30. The second-order valence-electron chi connectivity index (χ2n) is 6.75. The van der Waals surface area contributed by atoms with Gasteiger partial charge in [0, 0.05) is 0 Å². The molecule has 0 aliphatic carbocycles. The summed E-state index contributed by atoms with van der Waals surface area (Å²) in [5.41, 5.74) is 0. The van der Waals surface area contributed by atoms with Gasteiger partial charge in [0.15, 0.2) is 0 Å². The lowest BCUT2D eigenvalue weighted by atomic mass is 10.1. The molecule has 0 rings (SSSR count). The summed E-state index contributed by atoms with van der Waals surface area (Å²) in [6, 6.07) is 0. The number of halogens is 1. The Morgan fingerprint density at radius 2 is 0.905 bits per heavy atom. The van der Waals surface area contributed by atoms with Gasteiger partial charge < -0.3 is 4.48 Å². The molecule has 0 spiro atoms. The third-order valence-corrected chi connectivity index (χ3v) is 5.12. The number of rotatable bonds is 16. The van der Waals surface area contributed by atoms with Crippen LogP contribution in [0.4, 0.5) is 0 Å². The average molecular weight is 363 g/mol. The summed E-state index contributed by atoms with van der Waals surface area (Å²) in [6.07, 6.45) is 15.4. The van der Waals surface area contributed by atoms with Crippen molar-refractivity contribution in [2.24, 2.45) is 0 Å². The molecule has 0 aliphatic heterocycles. The van der Waals surface area contributed by atoms with Crippen molar-refractivity contribution >= 4 is 15.9 Å². The van der Waals surface area contributed by atoms with E-state index in [2.05, 4.69) is 36.7 Å². The molecule has 0 atom stereocenters. The van der Waals surface area contributed by atoms with Crippen LogP contribution in [0, 0.1) is 0 Å². The Bertz CT molecular complexity index is 194. The minimum Gasteiger partial charge on any atom is -0.323 e. The van der Waals surface area contributed by atoms with Crippen molar-refractivity contribution in [3.8, 4) is 0 Å². The number of hydrogen-bond acceptors (Lipinski definition) is 0. The Morgan fingerprint density at radius 3 is 1.29 bits per heavy atom. The molecule has 0 bridgehead atoms. The fourth-order valence-corrected chi connectivity index (χ4v) is 4.05. The van der Waals surface area contributed by atoms with Crippen molar-refractivity contribution in [1.29, 1.82) is 0 Å². The second-order valence-corrected chi connectivity index (χ2v) is 7.55. The van der Waals surface area contributed by atoms with Gasteiger partial charge in [-0.15, -0.1) is 0 Å². The molecule has 0 fully saturated rings. The van der Waals surface area contributed by atoms with Crippen LogP contribution in [-0.4, -0.2) is 36.0 Å². The molecule has 0 saturated heterocycles. The molecule has 0 saturated carbocycles. The summed E-state index contributed by atoms with van der Waals surface area (Å²) in [6.45, 7) is 12.5. The van der Waals surface area contributed by atoms with E-state index in [4.69, 9.17) is 0 Å². The van der Waals surface area contributed by atoms with E-state index in [-0.39, 0.29) is 0 Å². The SMILES string of the molecule is CCCCCC[N+](CCBr)(CCCCC)CCCCCC. The predicted octanol–water partition coefficient (Wildman–Crippen LogP) is 6.55. The van der Waals surface area contributed by atoms with Gasteiger partial charge in [0.1, 0.15) is 0 Å². The lowest BCUT2D eigenvalue weighted by molar-refractivity contribution is -0.926. The molecule has 2 heteroatoms. The van der Waals surface area contributed by atoms with Crippen LogP contribution in [0.2, 0.25) is 0 Å². The third kappa shape index (κ3) is 11.6. The summed E-state index contributed by atoms with van der Waals surface area (Å²) >= 11 is 3.72. The smallest absolute Gasteiger partial charge is 0.0885 e. The van der Waals surface area contributed by atoms with Gasteiger partial charge in [0.2, 0.25) is 0 Å². The zero-order chi connectivity index (χ0) is 15.8. The lowest BCUT2D eigenvalue weighted by Crippen LogP contribution is -2.51. The van der Waals surface area contributed by atoms with Gasteiger partial charge in [-0.25, -0.2) is 0 Å². The maximum absolute atomic E-state index is 3.72. The molecule has 0 N–H and O–H groups in total. The monoisotopic (exact) mass is 362 g/mol. The van der Waals surface area contributed by atoms with E-state index in [9.17, 15) is 0 Å². The van der Waals surface area contributed by atoms with Gasteiger partial charge in [0.05, 0.1) is 31.5 Å². The van der Waals surface area contributed by atoms with Crippen molar-refractivity contribution < 1.29 is 4.48 Å². The van der Waals surface area contributed by atoms with Gasteiger partial charge in [-0.05, 0) is 38.5 Å². The summed E-state index contributed by atoms with van der Waals surface area (Å²) in [7, 11) is 0. The van der Waals surface area contributed by atoms with Crippen molar-refractivity contribution in [3.05, 3.63) is 0 Å². The second kappa shape index (κ2) is 15.3. The normalized spacial score (nSPS) is 12.0. The number of nitrogens with zero attached hydrogens (tertiary/aromatic N) is 1. The van der Waals surface area contributed by atoms with Crippen LogP contribution in [0.3, 0.4) is 0 Å². The highest BCUT2D eigenvalue weighted by Crippen LogP contribution is 2.17. The van der Waals surface area contributed by atoms with Crippen molar-refractivity contribution in [2.75, 3.05) is 31.5 Å². The van der Waals surface area contributed by atoms with E-state index >= 15 is 0 Å². The molecule has 0 aromatic heterocycles. The molecule has 0 aliphatic rings. The van der Waals surface area contributed by atoms with Crippen molar-refractivity contribution in [3.63, 3.8) is 0 Å². The Morgan fingerprint density at radius 1 is 0.524 bits per heavy atom. The Labute approximate surface area is 143 Å². The summed E-state index contributed by atoms with van der Waals surface area (Å²) in [5.74, 6) is 0. The van der Waals surface area contributed by atoms with Crippen LogP contribution in [0.5, 0.6) is 0 Å². The Hall–Kier alpha value is 0.440. The number of alkyl halides is 1. The highest BCUT2D eigenvalue weighted by molar-refractivity contribution is 9.09. The first-order chi connectivity index (χ1) is 10.2. The minimum atomic E-state index is 1.17. The van der Waals surface area contributed by atoms with Crippen LogP contribution in [0.1, 0.15) is 91.4 Å². The Balaban J connectivity index is 4.38. The quantitative estimate of drug-likeness (QED) is 0.166. The van der Waals surface area contributed by atoms with Gasteiger partial charge in [0.25, 0.3) is 0 Å². The maximum atomic E-state index is 3.72. The predicted molar refractivity (Wildman–Crippen MR) is 101 cm³/mol. The van der Waals surface area contributed by atoms with Gasteiger partial charge in [-0.2, -0.15) is 0 Å². The van der Waals surface area contributed by atoms with Crippen molar-refractivity contribution in [2.45, 2.75) is 91.4 Å². The molecule has 128 valence electrons. The van der Waals surface area contributed by atoms with E-state index in [1.54, 1.807) is 0 Å². The van der Waals surface area contributed by atoms with Crippen LogP contribution < -0.4 is 0 Å². The number of hydrogen-bond donors (Lipinski definition) is 0.